The molecular weight excluding hydrogens is 374 g/mol. The molecule has 1 aromatic carbocycles. The van der Waals surface area contributed by atoms with Crippen molar-refractivity contribution < 1.29 is 14.7 Å². The van der Waals surface area contributed by atoms with E-state index in [-0.39, 0.29) is 18.4 Å². The fourth-order valence-electron chi connectivity index (χ4n) is 4.58. The normalized spacial score (nSPS) is 25.3. The molecule has 28 heavy (non-hydrogen) atoms. The first kappa shape index (κ1) is 19.1. The van der Waals surface area contributed by atoms with E-state index in [2.05, 4.69) is 9.88 Å². The number of rotatable bonds is 4. The van der Waals surface area contributed by atoms with Crippen LogP contribution in [0.1, 0.15) is 25.0 Å². The summed E-state index contributed by atoms with van der Waals surface area (Å²) in [5, 5.41) is 12.7. The standard InChI is InChI=1S/C21H25N3O3S/c1-23-10-5-8-21(20(26)27)9-11-24(13-17(21)23)18(25)12-16-14-28-19(22-16)15-6-3-2-4-7-15/h2-4,6-7,14,17H,5,8-13H2,1H3,(H,26,27)/t17-,21+/m1/s1. The number of aromatic nitrogens is 1. The number of nitrogens with zero attached hydrogens (tertiary/aromatic N) is 3. The van der Waals surface area contributed by atoms with Crippen LogP contribution >= 0.6 is 11.3 Å². The van der Waals surface area contributed by atoms with Crippen LogP contribution in [0.15, 0.2) is 35.7 Å². The molecule has 0 aliphatic carbocycles. The van der Waals surface area contributed by atoms with E-state index in [0.717, 1.165) is 29.2 Å². The van der Waals surface area contributed by atoms with Crippen LogP contribution in [0.5, 0.6) is 0 Å². The van der Waals surface area contributed by atoms with Crippen LogP contribution < -0.4 is 0 Å². The molecule has 6 nitrogen and oxygen atoms in total. The summed E-state index contributed by atoms with van der Waals surface area (Å²) in [6.07, 6.45) is 2.38. The lowest BCUT2D eigenvalue weighted by Crippen LogP contribution is -2.63. The minimum absolute atomic E-state index is 0.0304. The van der Waals surface area contributed by atoms with Gasteiger partial charge in [-0.15, -0.1) is 11.3 Å². The Kier molecular flexibility index (Phi) is 5.21. The number of aliphatic carboxylic acids is 1. The summed E-state index contributed by atoms with van der Waals surface area (Å²) in [4.78, 5) is 33.5. The van der Waals surface area contributed by atoms with E-state index in [1.165, 1.54) is 0 Å². The van der Waals surface area contributed by atoms with Crippen LogP contribution in [-0.2, 0) is 16.0 Å². The van der Waals surface area contributed by atoms with Gasteiger partial charge in [-0.3, -0.25) is 9.59 Å². The third-order valence-electron chi connectivity index (χ3n) is 6.21. The Labute approximate surface area is 168 Å². The van der Waals surface area contributed by atoms with Crippen molar-refractivity contribution in [1.29, 1.82) is 0 Å². The molecule has 2 fully saturated rings. The smallest absolute Gasteiger partial charge is 0.311 e. The molecule has 0 radical (unpaired) electrons. The highest BCUT2D eigenvalue weighted by Crippen LogP contribution is 2.42. The molecule has 148 valence electrons. The highest BCUT2D eigenvalue weighted by molar-refractivity contribution is 7.13. The van der Waals surface area contributed by atoms with Gasteiger partial charge in [0.1, 0.15) is 5.01 Å². The average Bonchev–Trinajstić information content (AvgIpc) is 3.17. The van der Waals surface area contributed by atoms with Crippen LogP contribution in [0, 0.1) is 5.41 Å². The van der Waals surface area contributed by atoms with Gasteiger partial charge in [-0.25, -0.2) is 4.98 Å². The van der Waals surface area contributed by atoms with Crippen LogP contribution in [0.4, 0.5) is 0 Å². The molecule has 2 aliphatic heterocycles. The second kappa shape index (κ2) is 7.64. The van der Waals surface area contributed by atoms with Gasteiger partial charge < -0.3 is 14.9 Å². The summed E-state index contributed by atoms with van der Waals surface area (Å²) >= 11 is 1.55. The van der Waals surface area contributed by atoms with E-state index < -0.39 is 11.4 Å². The number of thiazole rings is 1. The second-order valence-electron chi connectivity index (χ2n) is 7.84. The molecule has 3 heterocycles. The molecule has 2 saturated heterocycles. The zero-order valence-corrected chi connectivity index (χ0v) is 16.8. The Morgan fingerprint density at radius 2 is 2.04 bits per heavy atom. The maximum atomic E-state index is 12.9. The first-order chi connectivity index (χ1) is 13.5. The van der Waals surface area contributed by atoms with Gasteiger partial charge in [0.15, 0.2) is 0 Å². The number of hydrogen-bond donors (Lipinski definition) is 1. The van der Waals surface area contributed by atoms with Crippen molar-refractivity contribution in [3.63, 3.8) is 0 Å². The number of likely N-dealkylation sites (N-methyl/N-ethyl adjacent to an activating group) is 1. The molecule has 0 bridgehead atoms. The van der Waals surface area contributed by atoms with Gasteiger partial charge in [-0.2, -0.15) is 0 Å². The quantitative estimate of drug-likeness (QED) is 0.856. The molecular formula is C21H25N3O3S. The molecule has 2 aromatic rings. The number of benzene rings is 1. The topological polar surface area (TPSA) is 73.7 Å². The summed E-state index contributed by atoms with van der Waals surface area (Å²) in [7, 11) is 1.97. The van der Waals surface area contributed by atoms with Crippen molar-refractivity contribution in [1.82, 2.24) is 14.8 Å². The summed E-state index contributed by atoms with van der Waals surface area (Å²) in [6.45, 7) is 1.87. The molecule has 2 atom stereocenters. The first-order valence-electron chi connectivity index (χ1n) is 9.71. The number of carboxylic acids is 1. The van der Waals surface area contributed by atoms with Crippen LogP contribution in [0.25, 0.3) is 10.6 Å². The Hall–Kier alpha value is -2.25. The number of amides is 1. The fraction of sp³-hybridized carbons (Fsp3) is 0.476. The highest BCUT2D eigenvalue weighted by atomic mass is 32.1. The largest absolute Gasteiger partial charge is 0.481 e. The predicted octanol–water partition coefficient (Wildman–Crippen LogP) is 2.75. The van der Waals surface area contributed by atoms with Crippen molar-refractivity contribution >= 4 is 23.2 Å². The van der Waals surface area contributed by atoms with Crippen LogP contribution in [0.3, 0.4) is 0 Å². The SMILES string of the molecule is CN1CCC[C@]2(C(=O)O)CCN(C(=O)Cc3csc(-c4ccccc4)n3)C[C@@H]12. The lowest BCUT2D eigenvalue weighted by molar-refractivity contribution is -0.165. The van der Waals surface area contributed by atoms with Gasteiger partial charge in [0.2, 0.25) is 5.91 Å². The summed E-state index contributed by atoms with van der Waals surface area (Å²) < 4.78 is 0. The molecule has 0 saturated carbocycles. The average molecular weight is 400 g/mol. The maximum absolute atomic E-state index is 12.9. The van der Waals surface area contributed by atoms with Gasteiger partial charge in [0, 0.05) is 30.1 Å². The molecule has 0 spiro atoms. The number of carboxylic acid groups (broad SMARTS) is 1. The number of carbonyl (C=O) groups excluding carboxylic acids is 1. The molecule has 4 rings (SSSR count). The molecule has 1 amide bonds. The van der Waals surface area contributed by atoms with Crippen molar-refractivity contribution in [2.45, 2.75) is 31.7 Å². The van der Waals surface area contributed by atoms with Crippen molar-refractivity contribution in [2.75, 3.05) is 26.7 Å². The molecule has 1 aromatic heterocycles. The Morgan fingerprint density at radius 1 is 1.25 bits per heavy atom. The number of likely N-dealkylation sites (tertiary alicyclic amines) is 2. The second-order valence-corrected chi connectivity index (χ2v) is 8.70. The van der Waals surface area contributed by atoms with Crippen molar-refractivity contribution in [3.8, 4) is 10.6 Å². The number of piperidine rings is 2. The van der Waals surface area contributed by atoms with E-state index in [4.69, 9.17) is 0 Å². The third-order valence-corrected chi connectivity index (χ3v) is 7.15. The number of carbonyl (C=O) groups is 2. The fourth-order valence-corrected chi connectivity index (χ4v) is 5.41. The lowest BCUT2D eigenvalue weighted by atomic mass is 9.68. The van der Waals surface area contributed by atoms with Gasteiger partial charge in [-0.05, 0) is 32.9 Å². The molecule has 7 heteroatoms. The van der Waals surface area contributed by atoms with Gasteiger partial charge in [0.05, 0.1) is 17.5 Å². The Bertz CT molecular complexity index is 869. The predicted molar refractivity (Wildman–Crippen MR) is 108 cm³/mol. The van der Waals surface area contributed by atoms with Gasteiger partial charge in [0.25, 0.3) is 0 Å². The van der Waals surface area contributed by atoms with E-state index in [0.29, 0.717) is 25.9 Å². The Morgan fingerprint density at radius 3 is 2.79 bits per heavy atom. The van der Waals surface area contributed by atoms with Gasteiger partial charge >= 0.3 is 5.97 Å². The monoisotopic (exact) mass is 399 g/mol. The molecule has 1 N–H and O–H groups in total. The zero-order valence-electron chi connectivity index (χ0n) is 16.0. The summed E-state index contributed by atoms with van der Waals surface area (Å²) in [5.74, 6) is -0.689. The number of hydrogen-bond acceptors (Lipinski definition) is 5. The third kappa shape index (κ3) is 3.44. The van der Waals surface area contributed by atoms with E-state index >= 15 is 0 Å². The van der Waals surface area contributed by atoms with Crippen molar-refractivity contribution in [2.24, 2.45) is 5.41 Å². The Balaban J connectivity index is 1.45. The highest BCUT2D eigenvalue weighted by Gasteiger charge is 2.52. The van der Waals surface area contributed by atoms with Crippen LogP contribution in [-0.4, -0.2) is 64.5 Å². The van der Waals surface area contributed by atoms with Gasteiger partial charge in [-0.1, -0.05) is 30.3 Å². The van der Waals surface area contributed by atoms with E-state index in [9.17, 15) is 14.7 Å². The molecule has 0 unspecified atom stereocenters. The van der Waals surface area contributed by atoms with Crippen LogP contribution in [0.2, 0.25) is 0 Å². The zero-order chi connectivity index (χ0) is 19.7. The molecule has 2 aliphatic rings. The minimum atomic E-state index is -0.719. The number of fused-ring (bicyclic) bond motifs is 1. The first-order valence-corrected chi connectivity index (χ1v) is 10.6. The lowest BCUT2D eigenvalue weighted by Gasteiger charge is -2.51. The summed E-state index contributed by atoms with van der Waals surface area (Å²) in [5.41, 5.74) is 1.12. The van der Waals surface area contributed by atoms with E-state index in [1.54, 1.807) is 11.3 Å². The maximum Gasteiger partial charge on any atom is 0.311 e. The summed E-state index contributed by atoms with van der Waals surface area (Å²) in [6, 6.07) is 9.83. The van der Waals surface area contributed by atoms with E-state index in [1.807, 2.05) is 47.7 Å². The minimum Gasteiger partial charge on any atom is -0.481 e. The van der Waals surface area contributed by atoms with Crippen molar-refractivity contribution in [3.05, 3.63) is 41.4 Å².